The summed E-state index contributed by atoms with van der Waals surface area (Å²) < 4.78 is 2.19. The summed E-state index contributed by atoms with van der Waals surface area (Å²) in [4.78, 5) is 4.37. The van der Waals surface area contributed by atoms with Gasteiger partial charge in [-0.25, -0.2) is 4.98 Å². The molecular weight excluding hydrogens is 226 g/mol. The Hall–Kier alpha value is -0.870. The number of hydrogen-bond acceptors (Lipinski definition) is 3. The number of aliphatic hydroxyl groups is 1. The molecule has 0 aliphatic rings. The lowest BCUT2D eigenvalue weighted by Crippen LogP contribution is -2.36. The van der Waals surface area contributed by atoms with Crippen molar-refractivity contribution in [3.8, 4) is 0 Å². The van der Waals surface area contributed by atoms with Crippen molar-refractivity contribution in [2.24, 2.45) is 5.41 Å². The van der Waals surface area contributed by atoms with Crippen LogP contribution in [0.3, 0.4) is 0 Å². The van der Waals surface area contributed by atoms with Gasteiger partial charge in [-0.2, -0.15) is 0 Å². The zero-order chi connectivity index (χ0) is 13.4. The first kappa shape index (κ1) is 15.2. The topological polar surface area (TPSA) is 50.1 Å². The van der Waals surface area contributed by atoms with E-state index < -0.39 is 0 Å². The molecule has 0 amide bonds. The van der Waals surface area contributed by atoms with Crippen molar-refractivity contribution >= 4 is 0 Å². The molecule has 1 heterocycles. The first-order valence-corrected chi connectivity index (χ1v) is 7.03. The molecule has 0 unspecified atom stereocenters. The van der Waals surface area contributed by atoms with Gasteiger partial charge in [0.15, 0.2) is 0 Å². The van der Waals surface area contributed by atoms with Crippen molar-refractivity contribution < 1.29 is 5.11 Å². The molecule has 4 nitrogen and oxygen atoms in total. The average Bonchev–Trinajstić information content (AvgIpc) is 2.83. The lowest BCUT2D eigenvalue weighted by Gasteiger charge is -2.29. The molecule has 0 spiro atoms. The van der Waals surface area contributed by atoms with E-state index in [1.807, 2.05) is 12.4 Å². The van der Waals surface area contributed by atoms with E-state index in [4.69, 9.17) is 0 Å². The summed E-state index contributed by atoms with van der Waals surface area (Å²) in [6, 6.07) is 0. The number of hydrogen-bond donors (Lipinski definition) is 2. The van der Waals surface area contributed by atoms with E-state index in [0.717, 1.165) is 44.7 Å². The van der Waals surface area contributed by atoms with E-state index >= 15 is 0 Å². The van der Waals surface area contributed by atoms with Gasteiger partial charge in [0.25, 0.3) is 0 Å². The average molecular weight is 253 g/mol. The number of imidazole rings is 1. The zero-order valence-corrected chi connectivity index (χ0v) is 11.9. The summed E-state index contributed by atoms with van der Waals surface area (Å²) in [5.74, 6) is 1.08. The van der Waals surface area contributed by atoms with Gasteiger partial charge in [-0.15, -0.1) is 0 Å². The second-order valence-electron chi connectivity index (χ2n) is 5.01. The minimum Gasteiger partial charge on any atom is -0.396 e. The molecule has 0 atom stereocenters. The fraction of sp³-hybridized carbons (Fsp3) is 0.786. The van der Waals surface area contributed by atoms with Gasteiger partial charge in [0.05, 0.1) is 6.54 Å². The van der Waals surface area contributed by atoms with E-state index in [9.17, 15) is 5.11 Å². The third-order valence-corrected chi connectivity index (χ3v) is 3.88. The third kappa shape index (κ3) is 3.82. The van der Waals surface area contributed by atoms with Gasteiger partial charge in [0.2, 0.25) is 0 Å². The van der Waals surface area contributed by atoms with E-state index in [-0.39, 0.29) is 12.0 Å². The van der Waals surface area contributed by atoms with Gasteiger partial charge in [-0.3, -0.25) is 0 Å². The molecular formula is C14H27N3O. The largest absolute Gasteiger partial charge is 0.396 e. The van der Waals surface area contributed by atoms with Crippen LogP contribution in [-0.4, -0.2) is 27.8 Å². The van der Waals surface area contributed by atoms with E-state index in [1.54, 1.807) is 0 Å². The van der Waals surface area contributed by atoms with Gasteiger partial charge in [0, 0.05) is 37.5 Å². The Bertz CT molecular complexity index is 323. The number of nitrogens with zero attached hydrogens (tertiary/aromatic N) is 2. The molecule has 0 aromatic carbocycles. The lowest BCUT2D eigenvalue weighted by molar-refractivity contribution is 0.112. The summed E-state index contributed by atoms with van der Waals surface area (Å²) >= 11 is 0. The highest BCUT2D eigenvalue weighted by Crippen LogP contribution is 2.24. The van der Waals surface area contributed by atoms with Crippen LogP contribution in [0.5, 0.6) is 0 Å². The summed E-state index contributed by atoms with van der Waals surface area (Å²) in [6.45, 7) is 9.32. The summed E-state index contributed by atoms with van der Waals surface area (Å²) in [7, 11) is 0. The van der Waals surface area contributed by atoms with Crippen molar-refractivity contribution in [2.45, 2.75) is 53.1 Å². The van der Waals surface area contributed by atoms with Gasteiger partial charge in [-0.1, -0.05) is 20.8 Å². The molecule has 1 rings (SSSR count). The number of aryl methyl sites for hydroxylation is 1. The zero-order valence-electron chi connectivity index (χ0n) is 11.9. The molecule has 0 fully saturated rings. The van der Waals surface area contributed by atoms with Crippen molar-refractivity contribution in [3.63, 3.8) is 0 Å². The fourth-order valence-corrected chi connectivity index (χ4v) is 2.17. The van der Waals surface area contributed by atoms with Crippen molar-refractivity contribution in [3.05, 3.63) is 18.2 Å². The highest BCUT2D eigenvalue weighted by molar-refractivity contribution is 4.92. The Balaban J connectivity index is 2.47. The van der Waals surface area contributed by atoms with Crippen molar-refractivity contribution in [2.75, 3.05) is 13.2 Å². The normalized spacial score (nSPS) is 12.0. The maximum absolute atomic E-state index is 9.51. The quantitative estimate of drug-likeness (QED) is 0.709. The van der Waals surface area contributed by atoms with Crippen LogP contribution in [0.25, 0.3) is 0 Å². The second-order valence-corrected chi connectivity index (χ2v) is 5.01. The van der Waals surface area contributed by atoms with E-state index in [1.165, 1.54) is 0 Å². The molecule has 104 valence electrons. The molecule has 0 aliphatic carbocycles. The summed E-state index contributed by atoms with van der Waals surface area (Å²) in [5.41, 5.74) is 0.0161. The second kappa shape index (κ2) is 7.54. The van der Waals surface area contributed by atoms with E-state index in [2.05, 4.69) is 35.6 Å². The van der Waals surface area contributed by atoms with Gasteiger partial charge >= 0.3 is 0 Å². The number of aromatic nitrogens is 2. The Labute approximate surface area is 110 Å². The maximum atomic E-state index is 9.51. The molecule has 0 saturated heterocycles. The first-order chi connectivity index (χ1) is 8.71. The van der Waals surface area contributed by atoms with Crippen LogP contribution in [0.4, 0.5) is 0 Å². The summed E-state index contributed by atoms with van der Waals surface area (Å²) in [5, 5.41) is 12.9. The smallest absolute Gasteiger partial charge is 0.122 e. The highest BCUT2D eigenvalue weighted by Gasteiger charge is 2.24. The first-order valence-electron chi connectivity index (χ1n) is 7.03. The molecule has 4 heteroatoms. The number of nitrogens with one attached hydrogen (secondary N) is 1. The highest BCUT2D eigenvalue weighted by atomic mass is 16.3. The minimum absolute atomic E-state index is 0.0161. The van der Waals surface area contributed by atoms with Gasteiger partial charge in [0.1, 0.15) is 5.82 Å². The Morgan fingerprint density at radius 3 is 2.61 bits per heavy atom. The molecule has 18 heavy (non-hydrogen) atoms. The molecule has 2 N–H and O–H groups in total. The van der Waals surface area contributed by atoms with Crippen LogP contribution in [-0.2, 0) is 13.1 Å². The standard InChI is InChI=1S/C14H27N3O/c1-4-8-17-9-7-16-13(17)10-15-11-14(5-2,6-3)12-18/h7,9,15,18H,4-6,8,10-12H2,1-3H3. The Morgan fingerprint density at radius 1 is 1.33 bits per heavy atom. The van der Waals surface area contributed by atoms with Crippen LogP contribution in [0.2, 0.25) is 0 Å². The van der Waals surface area contributed by atoms with Crippen LogP contribution < -0.4 is 5.32 Å². The minimum atomic E-state index is 0.0161. The summed E-state index contributed by atoms with van der Waals surface area (Å²) in [6.07, 6.45) is 6.99. The molecule has 0 radical (unpaired) electrons. The molecule has 1 aromatic heterocycles. The van der Waals surface area contributed by atoms with Gasteiger partial charge in [-0.05, 0) is 19.3 Å². The number of aliphatic hydroxyl groups excluding tert-OH is 1. The lowest BCUT2D eigenvalue weighted by atomic mass is 9.83. The number of rotatable bonds is 9. The van der Waals surface area contributed by atoms with Gasteiger partial charge < -0.3 is 15.0 Å². The monoisotopic (exact) mass is 253 g/mol. The molecule has 0 saturated carbocycles. The van der Waals surface area contributed by atoms with Crippen molar-refractivity contribution in [1.29, 1.82) is 0 Å². The van der Waals surface area contributed by atoms with Crippen LogP contribution >= 0.6 is 0 Å². The molecule has 1 aromatic rings. The predicted octanol–water partition coefficient (Wildman–Crippen LogP) is 2.18. The Kier molecular flexibility index (Phi) is 6.36. The third-order valence-electron chi connectivity index (χ3n) is 3.88. The van der Waals surface area contributed by atoms with E-state index in [0.29, 0.717) is 0 Å². The van der Waals surface area contributed by atoms with Crippen LogP contribution in [0.1, 0.15) is 45.9 Å². The predicted molar refractivity (Wildman–Crippen MR) is 74.3 cm³/mol. The molecule has 0 aliphatic heterocycles. The van der Waals surface area contributed by atoms with Crippen LogP contribution in [0.15, 0.2) is 12.4 Å². The molecule has 0 bridgehead atoms. The van der Waals surface area contributed by atoms with Crippen LogP contribution in [0, 0.1) is 5.41 Å². The maximum Gasteiger partial charge on any atom is 0.122 e. The SMILES string of the molecule is CCCn1ccnc1CNCC(CC)(CC)CO. The Morgan fingerprint density at radius 2 is 2.06 bits per heavy atom. The fourth-order valence-electron chi connectivity index (χ4n) is 2.17. The van der Waals surface area contributed by atoms with Crippen molar-refractivity contribution in [1.82, 2.24) is 14.9 Å².